The zero-order valence-corrected chi connectivity index (χ0v) is 8.86. The molecule has 0 saturated heterocycles. The topological polar surface area (TPSA) is 29.5 Å². The van der Waals surface area contributed by atoms with E-state index in [2.05, 4.69) is 0 Å². The normalized spacial score (nSPS) is 10.2. The number of aromatic hydroxyl groups is 1. The highest BCUT2D eigenvalue weighted by Crippen LogP contribution is 2.20. The molecule has 0 atom stereocenters. The molecule has 0 aliphatic heterocycles. The van der Waals surface area contributed by atoms with Gasteiger partial charge in [-0.2, -0.15) is 0 Å². The van der Waals surface area contributed by atoms with Crippen molar-refractivity contribution in [3.63, 3.8) is 0 Å². The molecule has 4 heteroatoms. The van der Waals surface area contributed by atoms with Gasteiger partial charge in [0.05, 0.1) is 0 Å². The maximum Gasteiger partial charge on any atom is 0.165 e. The van der Waals surface area contributed by atoms with Crippen molar-refractivity contribution < 1.29 is 18.6 Å². The van der Waals surface area contributed by atoms with E-state index in [9.17, 15) is 13.9 Å². The van der Waals surface area contributed by atoms with E-state index in [1.54, 1.807) is 12.1 Å². The molecule has 0 saturated carbocycles. The van der Waals surface area contributed by atoms with Crippen LogP contribution in [0.3, 0.4) is 0 Å². The Hall–Kier alpha value is -2.10. The lowest BCUT2D eigenvalue weighted by Gasteiger charge is -2.07. The molecular formula is C13H10F2O2. The molecule has 2 aromatic carbocycles. The van der Waals surface area contributed by atoms with Gasteiger partial charge >= 0.3 is 0 Å². The smallest absolute Gasteiger partial charge is 0.165 e. The number of phenols is 1. The van der Waals surface area contributed by atoms with Crippen molar-refractivity contribution in [1.82, 2.24) is 0 Å². The van der Waals surface area contributed by atoms with Gasteiger partial charge < -0.3 is 9.84 Å². The number of rotatable bonds is 3. The van der Waals surface area contributed by atoms with Gasteiger partial charge in [0, 0.05) is 11.6 Å². The van der Waals surface area contributed by atoms with Crippen LogP contribution in [0.15, 0.2) is 42.5 Å². The zero-order valence-electron chi connectivity index (χ0n) is 8.86. The highest BCUT2D eigenvalue weighted by molar-refractivity contribution is 5.32. The first-order valence-electron chi connectivity index (χ1n) is 5.01. The minimum absolute atomic E-state index is 0.0576. The van der Waals surface area contributed by atoms with Crippen molar-refractivity contribution >= 4 is 0 Å². The third kappa shape index (κ3) is 2.72. The van der Waals surface area contributed by atoms with Crippen LogP contribution in [0, 0.1) is 11.6 Å². The molecule has 88 valence electrons. The third-order valence-corrected chi connectivity index (χ3v) is 2.24. The van der Waals surface area contributed by atoms with Gasteiger partial charge in [-0.25, -0.2) is 8.78 Å². The second-order valence-corrected chi connectivity index (χ2v) is 3.50. The molecule has 1 N–H and O–H groups in total. The first-order chi connectivity index (χ1) is 8.16. The molecule has 0 unspecified atom stereocenters. The number of hydrogen-bond acceptors (Lipinski definition) is 2. The summed E-state index contributed by atoms with van der Waals surface area (Å²) in [5, 5.41) is 9.19. The summed E-state index contributed by atoms with van der Waals surface area (Å²) in [4.78, 5) is 0. The largest absolute Gasteiger partial charge is 0.508 e. The van der Waals surface area contributed by atoms with Crippen LogP contribution in [0.1, 0.15) is 5.56 Å². The number of halogens is 2. The predicted molar refractivity (Wildman–Crippen MR) is 58.8 cm³/mol. The van der Waals surface area contributed by atoms with Gasteiger partial charge in [0.1, 0.15) is 18.1 Å². The molecule has 2 aromatic rings. The van der Waals surface area contributed by atoms with E-state index in [-0.39, 0.29) is 17.9 Å². The summed E-state index contributed by atoms with van der Waals surface area (Å²) in [5.74, 6) is -1.36. The van der Waals surface area contributed by atoms with E-state index in [4.69, 9.17) is 4.74 Å². The molecule has 0 bridgehead atoms. The number of hydrogen-bond donors (Lipinski definition) is 1. The Labute approximate surface area is 97.1 Å². The predicted octanol–water partition coefficient (Wildman–Crippen LogP) is 3.25. The minimum atomic E-state index is -0.910. The minimum Gasteiger partial charge on any atom is -0.508 e. The first-order valence-corrected chi connectivity index (χ1v) is 5.01. The van der Waals surface area contributed by atoms with Gasteiger partial charge in [-0.1, -0.05) is 18.2 Å². The lowest BCUT2D eigenvalue weighted by molar-refractivity contribution is 0.295. The second kappa shape index (κ2) is 4.82. The monoisotopic (exact) mass is 236 g/mol. The maximum absolute atomic E-state index is 13.3. The van der Waals surface area contributed by atoms with Crippen LogP contribution in [0.2, 0.25) is 0 Å². The summed E-state index contributed by atoms with van der Waals surface area (Å²) in [6.07, 6.45) is 0. The molecule has 0 fully saturated rings. The summed E-state index contributed by atoms with van der Waals surface area (Å²) in [6, 6.07) is 10.0. The number of benzene rings is 2. The van der Waals surface area contributed by atoms with Gasteiger partial charge in [-0.05, 0) is 18.2 Å². The Morgan fingerprint density at radius 2 is 1.82 bits per heavy atom. The quantitative estimate of drug-likeness (QED) is 0.886. The molecule has 2 nitrogen and oxygen atoms in total. The summed E-state index contributed by atoms with van der Waals surface area (Å²) < 4.78 is 31.4. The standard InChI is InChI=1S/C13H10F2O2/c14-12-6-1-3-9(13(12)15)8-17-11-5-2-4-10(16)7-11/h1-7,16H,8H2. The summed E-state index contributed by atoms with van der Waals surface area (Å²) >= 11 is 0. The molecule has 0 aliphatic carbocycles. The molecule has 2 rings (SSSR count). The van der Waals surface area contributed by atoms with Crippen molar-refractivity contribution in [2.45, 2.75) is 6.61 Å². The van der Waals surface area contributed by atoms with Crippen LogP contribution in [0.5, 0.6) is 11.5 Å². The Morgan fingerprint density at radius 3 is 2.59 bits per heavy atom. The first kappa shape index (κ1) is 11.4. The van der Waals surface area contributed by atoms with Crippen molar-refractivity contribution in [3.05, 3.63) is 59.7 Å². The van der Waals surface area contributed by atoms with E-state index in [1.165, 1.54) is 24.3 Å². The van der Waals surface area contributed by atoms with Gasteiger partial charge in [-0.3, -0.25) is 0 Å². The number of ether oxygens (including phenoxy) is 1. The zero-order chi connectivity index (χ0) is 12.3. The average Bonchev–Trinajstić information content (AvgIpc) is 2.31. The van der Waals surface area contributed by atoms with E-state index in [0.717, 1.165) is 6.07 Å². The van der Waals surface area contributed by atoms with E-state index in [0.29, 0.717) is 5.75 Å². The Bertz CT molecular complexity index is 527. The van der Waals surface area contributed by atoms with Gasteiger partial charge in [0.15, 0.2) is 11.6 Å². The Kier molecular flexibility index (Phi) is 3.23. The fourth-order valence-corrected chi connectivity index (χ4v) is 1.39. The molecular weight excluding hydrogens is 226 g/mol. The van der Waals surface area contributed by atoms with Crippen molar-refractivity contribution in [1.29, 1.82) is 0 Å². The fourth-order valence-electron chi connectivity index (χ4n) is 1.39. The van der Waals surface area contributed by atoms with Crippen LogP contribution in [0.4, 0.5) is 8.78 Å². The molecule has 0 aliphatic rings. The average molecular weight is 236 g/mol. The van der Waals surface area contributed by atoms with Gasteiger partial charge in [0.25, 0.3) is 0 Å². The van der Waals surface area contributed by atoms with Crippen LogP contribution >= 0.6 is 0 Å². The number of phenolic OH excluding ortho intramolecular Hbond substituents is 1. The Morgan fingerprint density at radius 1 is 1.06 bits per heavy atom. The highest BCUT2D eigenvalue weighted by Gasteiger charge is 2.07. The highest BCUT2D eigenvalue weighted by atomic mass is 19.2. The molecule has 17 heavy (non-hydrogen) atoms. The van der Waals surface area contributed by atoms with Crippen molar-refractivity contribution in [3.8, 4) is 11.5 Å². The lowest BCUT2D eigenvalue weighted by Crippen LogP contribution is -2.00. The van der Waals surface area contributed by atoms with E-state index >= 15 is 0 Å². The van der Waals surface area contributed by atoms with Crippen LogP contribution in [-0.2, 0) is 6.61 Å². The Balaban J connectivity index is 2.10. The molecule has 0 spiro atoms. The van der Waals surface area contributed by atoms with E-state index in [1.807, 2.05) is 0 Å². The van der Waals surface area contributed by atoms with Crippen LogP contribution in [0.25, 0.3) is 0 Å². The SMILES string of the molecule is Oc1cccc(OCc2cccc(F)c2F)c1. The summed E-state index contributed by atoms with van der Waals surface area (Å²) in [6.45, 7) is -0.0902. The van der Waals surface area contributed by atoms with Crippen molar-refractivity contribution in [2.75, 3.05) is 0 Å². The summed E-state index contributed by atoms with van der Waals surface area (Å²) in [5.41, 5.74) is 0.133. The van der Waals surface area contributed by atoms with Crippen molar-refractivity contribution in [2.24, 2.45) is 0 Å². The maximum atomic E-state index is 13.3. The molecule has 0 amide bonds. The second-order valence-electron chi connectivity index (χ2n) is 3.50. The molecule has 0 radical (unpaired) electrons. The molecule has 0 heterocycles. The van der Waals surface area contributed by atoms with Gasteiger partial charge in [-0.15, -0.1) is 0 Å². The fraction of sp³-hybridized carbons (Fsp3) is 0.0769. The summed E-state index contributed by atoms with van der Waals surface area (Å²) in [7, 11) is 0. The lowest BCUT2D eigenvalue weighted by atomic mass is 10.2. The molecule has 0 aromatic heterocycles. The van der Waals surface area contributed by atoms with Crippen LogP contribution < -0.4 is 4.74 Å². The van der Waals surface area contributed by atoms with Gasteiger partial charge in [0.2, 0.25) is 0 Å². The van der Waals surface area contributed by atoms with E-state index < -0.39 is 11.6 Å². The van der Waals surface area contributed by atoms with Crippen LogP contribution in [-0.4, -0.2) is 5.11 Å². The third-order valence-electron chi connectivity index (χ3n) is 2.24.